The highest BCUT2D eigenvalue weighted by atomic mass is 16.6. The molecule has 0 saturated heterocycles. The molecule has 1 aromatic carbocycles. The second-order valence-corrected chi connectivity index (χ2v) is 3.76. The minimum Gasteiger partial charge on any atom is -0.389 e. The molecule has 0 radical (unpaired) electrons. The van der Waals surface area contributed by atoms with Crippen molar-refractivity contribution in [2.24, 2.45) is 0 Å². The average molecular weight is 254 g/mol. The van der Waals surface area contributed by atoms with E-state index in [0.717, 1.165) is 6.07 Å². The van der Waals surface area contributed by atoms with E-state index in [2.05, 4.69) is 5.32 Å². The van der Waals surface area contributed by atoms with Crippen LogP contribution in [0.5, 0.6) is 0 Å². The molecule has 0 aliphatic carbocycles. The van der Waals surface area contributed by atoms with Crippen LogP contribution >= 0.6 is 0 Å². The summed E-state index contributed by atoms with van der Waals surface area (Å²) in [5, 5.41) is 32.9. The number of nitrogens with zero attached hydrogens (tertiary/aromatic N) is 1. The van der Waals surface area contributed by atoms with Gasteiger partial charge in [-0.1, -0.05) is 6.07 Å². The Morgan fingerprint density at radius 3 is 2.67 bits per heavy atom. The van der Waals surface area contributed by atoms with Gasteiger partial charge in [-0.3, -0.25) is 14.9 Å². The molecule has 7 heteroatoms. The predicted octanol–water partition coefficient (Wildman–Crippen LogP) is 0.0210. The van der Waals surface area contributed by atoms with Gasteiger partial charge in [0.25, 0.3) is 5.69 Å². The number of aliphatic hydroxyl groups is 2. The van der Waals surface area contributed by atoms with E-state index in [1.807, 2.05) is 0 Å². The van der Waals surface area contributed by atoms with Gasteiger partial charge in [-0.15, -0.1) is 0 Å². The summed E-state index contributed by atoms with van der Waals surface area (Å²) in [6.45, 7) is 0.0910. The van der Waals surface area contributed by atoms with Gasteiger partial charge in [-0.25, -0.2) is 0 Å². The molecular weight excluding hydrogens is 240 g/mol. The third-order valence-electron chi connectivity index (χ3n) is 2.48. The first-order valence-corrected chi connectivity index (χ1v) is 5.25. The molecule has 0 aliphatic heterocycles. The number of rotatable bonds is 6. The molecule has 2 unspecified atom stereocenters. The molecule has 0 aliphatic rings. The van der Waals surface area contributed by atoms with Crippen LogP contribution in [0, 0.1) is 10.1 Å². The van der Waals surface area contributed by atoms with Crippen LogP contribution < -0.4 is 5.32 Å². The highest BCUT2D eigenvalue weighted by Gasteiger charge is 2.26. The standard InChI is InChI=1S/C11H14N2O5/c1-12-5-10(15)11(16)8-3-2-7(6-14)4-9(8)13(17)18/h2-4,6,10-12,15-16H,5H2,1H3. The zero-order chi connectivity index (χ0) is 13.7. The summed E-state index contributed by atoms with van der Waals surface area (Å²) in [5.74, 6) is 0. The molecule has 7 nitrogen and oxygen atoms in total. The van der Waals surface area contributed by atoms with Crippen LogP contribution in [0.25, 0.3) is 0 Å². The Bertz CT molecular complexity index is 449. The van der Waals surface area contributed by atoms with Crippen molar-refractivity contribution in [3.63, 3.8) is 0 Å². The van der Waals surface area contributed by atoms with Gasteiger partial charge in [0.15, 0.2) is 0 Å². The third kappa shape index (κ3) is 3.10. The molecule has 18 heavy (non-hydrogen) atoms. The van der Waals surface area contributed by atoms with Gasteiger partial charge < -0.3 is 15.5 Å². The number of likely N-dealkylation sites (N-methyl/N-ethyl adjacent to an activating group) is 1. The fourth-order valence-electron chi connectivity index (χ4n) is 1.57. The van der Waals surface area contributed by atoms with Crippen molar-refractivity contribution in [2.75, 3.05) is 13.6 Å². The largest absolute Gasteiger partial charge is 0.389 e. The van der Waals surface area contributed by atoms with Gasteiger partial charge in [0.1, 0.15) is 12.4 Å². The smallest absolute Gasteiger partial charge is 0.276 e. The minimum absolute atomic E-state index is 0.0200. The van der Waals surface area contributed by atoms with Crippen LogP contribution in [0.4, 0.5) is 5.69 Å². The summed E-state index contributed by atoms with van der Waals surface area (Å²) in [6, 6.07) is 3.69. The number of hydrogen-bond donors (Lipinski definition) is 3. The van der Waals surface area contributed by atoms with Crippen molar-refractivity contribution < 1.29 is 19.9 Å². The number of aliphatic hydroxyl groups excluding tert-OH is 2. The van der Waals surface area contributed by atoms with Crippen LogP contribution in [0.15, 0.2) is 18.2 Å². The Morgan fingerprint density at radius 2 is 2.17 bits per heavy atom. The van der Waals surface area contributed by atoms with Crippen LogP contribution in [0.2, 0.25) is 0 Å². The SMILES string of the molecule is CNCC(O)C(O)c1ccc(C=O)cc1[N+](=O)[O-]. The number of carbonyl (C=O) groups is 1. The van der Waals surface area contributed by atoms with E-state index >= 15 is 0 Å². The van der Waals surface area contributed by atoms with Gasteiger partial charge in [-0.05, 0) is 13.1 Å². The molecule has 1 rings (SSSR count). The van der Waals surface area contributed by atoms with Crippen molar-refractivity contribution in [3.05, 3.63) is 39.4 Å². The lowest BCUT2D eigenvalue weighted by atomic mass is 10.0. The van der Waals surface area contributed by atoms with E-state index in [1.54, 1.807) is 7.05 Å². The average Bonchev–Trinajstić information content (AvgIpc) is 2.37. The molecule has 0 amide bonds. The van der Waals surface area contributed by atoms with E-state index < -0.39 is 17.1 Å². The van der Waals surface area contributed by atoms with Crippen LogP contribution in [-0.2, 0) is 0 Å². The lowest BCUT2D eigenvalue weighted by molar-refractivity contribution is -0.386. The number of nitro benzene ring substituents is 1. The lowest BCUT2D eigenvalue weighted by Gasteiger charge is -2.17. The highest BCUT2D eigenvalue weighted by molar-refractivity contribution is 5.76. The number of hydrogen-bond acceptors (Lipinski definition) is 6. The van der Waals surface area contributed by atoms with Crippen molar-refractivity contribution in [1.82, 2.24) is 5.32 Å². The molecule has 0 bridgehead atoms. The Morgan fingerprint density at radius 1 is 1.50 bits per heavy atom. The van der Waals surface area contributed by atoms with Gasteiger partial charge in [-0.2, -0.15) is 0 Å². The van der Waals surface area contributed by atoms with Crippen molar-refractivity contribution in [1.29, 1.82) is 0 Å². The van der Waals surface area contributed by atoms with E-state index in [1.165, 1.54) is 12.1 Å². The Labute approximate surface area is 103 Å². The van der Waals surface area contributed by atoms with E-state index in [9.17, 15) is 25.1 Å². The van der Waals surface area contributed by atoms with E-state index in [4.69, 9.17) is 0 Å². The summed E-state index contributed by atoms with van der Waals surface area (Å²) >= 11 is 0. The fourth-order valence-corrected chi connectivity index (χ4v) is 1.57. The predicted molar refractivity (Wildman–Crippen MR) is 63.4 cm³/mol. The number of aldehydes is 1. The number of nitrogens with one attached hydrogen (secondary N) is 1. The van der Waals surface area contributed by atoms with Crippen molar-refractivity contribution >= 4 is 12.0 Å². The molecule has 0 aromatic heterocycles. The quantitative estimate of drug-likeness (QED) is 0.375. The molecule has 0 saturated carbocycles. The van der Waals surface area contributed by atoms with Gasteiger partial charge in [0.05, 0.1) is 16.6 Å². The van der Waals surface area contributed by atoms with Gasteiger partial charge in [0, 0.05) is 18.2 Å². The molecule has 0 fully saturated rings. The molecule has 3 N–H and O–H groups in total. The summed E-state index contributed by atoms with van der Waals surface area (Å²) in [5.41, 5.74) is -0.267. The maximum absolute atomic E-state index is 10.9. The van der Waals surface area contributed by atoms with Crippen LogP contribution in [0.1, 0.15) is 22.0 Å². The second-order valence-electron chi connectivity index (χ2n) is 3.76. The van der Waals surface area contributed by atoms with Crippen molar-refractivity contribution in [2.45, 2.75) is 12.2 Å². The second kappa shape index (κ2) is 6.20. The number of carbonyl (C=O) groups excluding carboxylic acids is 1. The summed E-state index contributed by atoms with van der Waals surface area (Å²) < 4.78 is 0. The zero-order valence-corrected chi connectivity index (χ0v) is 9.74. The fraction of sp³-hybridized carbons (Fsp3) is 0.364. The zero-order valence-electron chi connectivity index (χ0n) is 9.74. The maximum Gasteiger partial charge on any atom is 0.276 e. The maximum atomic E-state index is 10.9. The number of benzene rings is 1. The van der Waals surface area contributed by atoms with Gasteiger partial charge >= 0.3 is 0 Å². The normalized spacial score (nSPS) is 13.9. The number of nitro groups is 1. The Hall–Kier alpha value is -1.83. The molecular formula is C11H14N2O5. The summed E-state index contributed by atoms with van der Waals surface area (Å²) in [6.07, 6.45) is -2.08. The first kappa shape index (κ1) is 14.2. The van der Waals surface area contributed by atoms with Crippen molar-refractivity contribution in [3.8, 4) is 0 Å². The van der Waals surface area contributed by atoms with Gasteiger partial charge in [0.2, 0.25) is 0 Å². The molecule has 98 valence electrons. The van der Waals surface area contributed by atoms with Crippen LogP contribution in [0.3, 0.4) is 0 Å². The topological polar surface area (TPSA) is 113 Å². The van der Waals surface area contributed by atoms with Crippen LogP contribution in [-0.4, -0.2) is 41.1 Å². The molecule has 1 aromatic rings. The first-order chi connectivity index (χ1) is 8.51. The minimum atomic E-state index is -1.39. The summed E-state index contributed by atoms with van der Waals surface area (Å²) in [7, 11) is 1.58. The van der Waals surface area contributed by atoms with E-state index in [-0.39, 0.29) is 23.4 Å². The first-order valence-electron chi connectivity index (χ1n) is 5.25. The summed E-state index contributed by atoms with van der Waals surface area (Å²) in [4.78, 5) is 20.7. The third-order valence-corrected chi connectivity index (χ3v) is 2.48. The Balaban J connectivity index is 3.14. The molecule has 0 heterocycles. The molecule has 2 atom stereocenters. The molecule has 0 spiro atoms. The highest BCUT2D eigenvalue weighted by Crippen LogP contribution is 2.27. The Kier molecular flexibility index (Phi) is 4.90. The monoisotopic (exact) mass is 254 g/mol. The van der Waals surface area contributed by atoms with E-state index in [0.29, 0.717) is 6.29 Å². The lowest BCUT2D eigenvalue weighted by Crippen LogP contribution is -2.30.